The molecule has 0 unspecified atom stereocenters. The molecule has 2 N–H and O–H groups in total. The van der Waals surface area contributed by atoms with E-state index in [1.54, 1.807) is 0 Å². The van der Waals surface area contributed by atoms with Gasteiger partial charge in [-0.1, -0.05) is 13.3 Å². The minimum Gasteiger partial charge on any atom is -0.317 e. The van der Waals surface area contributed by atoms with Crippen LogP contribution in [0.5, 0.6) is 0 Å². The molecule has 1 rings (SSSR count). The molecule has 1 fully saturated rings. The largest absolute Gasteiger partial charge is 0.317 e. The maximum atomic E-state index is 3.57. The summed E-state index contributed by atoms with van der Waals surface area (Å²) in [5.74, 6) is 0.941. The Kier molecular flexibility index (Phi) is 6.20. The molecule has 0 bridgehead atoms. The lowest BCUT2D eigenvalue weighted by Crippen LogP contribution is -2.33. The molecule has 1 aliphatic carbocycles. The molecule has 0 aliphatic heterocycles. The van der Waals surface area contributed by atoms with Crippen LogP contribution in [0.25, 0.3) is 0 Å². The van der Waals surface area contributed by atoms with E-state index in [2.05, 4.69) is 24.6 Å². The van der Waals surface area contributed by atoms with Gasteiger partial charge in [-0.25, -0.2) is 0 Å². The van der Waals surface area contributed by atoms with Crippen LogP contribution in [0.3, 0.4) is 0 Å². The van der Waals surface area contributed by atoms with Gasteiger partial charge in [-0.05, 0) is 58.2 Å². The smallest absolute Gasteiger partial charge is 0.00642 e. The summed E-state index contributed by atoms with van der Waals surface area (Å²) in [5.41, 5.74) is 0. The quantitative estimate of drug-likeness (QED) is 0.639. The first-order valence-corrected chi connectivity index (χ1v) is 6.24. The van der Waals surface area contributed by atoms with Crippen molar-refractivity contribution in [2.24, 2.45) is 5.92 Å². The van der Waals surface area contributed by atoms with E-state index in [1.807, 2.05) is 0 Å². The van der Waals surface area contributed by atoms with Crippen molar-refractivity contribution in [2.45, 2.75) is 51.5 Å². The van der Waals surface area contributed by atoms with Crippen LogP contribution in [0, 0.1) is 5.92 Å². The molecule has 1 aliphatic rings. The van der Waals surface area contributed by atoms with E-state index in [0.717, 1.165) is 12.0 Å². The minimum atomic E-state index is 0.793. The molecule has 0 aromatic heterocycles. The molecule has 0 saturated heterocycles. The maximum absolute atomic E-state index is 3.57. The predicted octanol–water partition coefficient (Wildman–Crippen LogP) is 2.15. The Balaban J connectivity index is 1.98. The summed E-state index contributed by atoms with van der Waals surface area (Å²) < 4.78 is 0. The highest BCUT2D eigenvalue weighted by atomic mass is 14.9. The lowest BCUT2D eigenvalue weighted by molar-refractivity contribution is 0.293. The lowest BCUT2D eigenvalue weighted by atomic mass is 9.86. The van der Waals surface area contributed by atoms with Crippen LogP contribution in [-0.2, 0) is 0 Å². The molecule has 84 valence electrons. The third kappa shape index (κ3) is 4.43. The van der Waals surface area contributed by atoms with Crippen molar-refractivity contribution in [2.75, 3.05) is 20.1 Å². The summed E-state index contributed by atoms with van der Waals surface area (Å²) >= 11 is 0. The Morgan fingerprint density at radius 1 is 1.14 bits per heavy atom. The molecule has 0 atom stereocenters. The van der Waals surface area contributed by atoms with Gasteiger partial charge in [-0.15, -0.1) is 0 Å². The Hall–Kier alpha value is -0.0800. The zero-order chi connectivity index (χ0) is 10.2. The Bertz CT molecular complexity index is 128. The normalized spacial score (nSPS) is 27.9. The van der Waals surface area contributed by atoms with Gasteiger partial charge in [0.25, 0.3) is 0 Å². The van der Waals surface area contributed by atoms with Crippen molar-refractivity contribution in [3.8, 4) is 0 Å². The average Bonchev–Trinajstić information content (AvgIpc) is 2.25. The Labute approximate surface area is 88.8 Å². The van der Waals surface area contributed by atoms with E-state index in [1.165, 1.54) is 51.6 Å². The Morgan fingerprint density at radius 2 is 1.86 bits per heavy atom. The van der Waals surface area contributed by atoms with Crippen LogP contribution in [0.4, 0.5) is 0 Å². The summed E-state index contributed by atoms with van der Waals surface area (Å²) in [6.07, 6.45) is 8.19. The fourth-order valence-electron chi connectivity index (χ4n) is 2.26. The fourth-order valence-corrected chi connectivity index (χ4v) is 2.26. The van der Waals surface area contributed by atoms with Crippen molar-refractivity contribution in [1.29, 1.82) is 0 Å². The van der Waals surface area contributed by atoms with Crippen LogP contribution < -0.4 is 10.6 Å². The molecule has 1 saturated carbocycles. The second-order valence-corrected chi connectivity index (χ2v) is 4.56. The second-order valence-electron chi connectivity index (χ2n) is 4.56. The number of hydrogen-bond donors (Lipinski definition) is 2. The first-order chi connectivity index (χ1) is 6.86. The zero-order valence-electron chi connectivity index (χ0n) is 9.81. The topological polar surface area (TPSA) is 24.1 Å². The number of nitrogens with one attached hydrogen (secondary N) is 2. The molecule has 0 amide bonds. The average molecular weight is 198 g/mol. The highest BCUT2D eigenvalue weighted by Gasteiger charge is 2.18. The van der Waals surface area contributed by atoms with Crippen molar-refractivity contribution in [3.05, 3.63) is 0 Å². The van der Waals surface area contributed by atoms with Gasteiger partial charge in [0.1, 0.15) is 0 Å². The first-order valence-electron chi connectivity index (χ1n) is 6.24. The van der Waals surface area contributed by atoms with E-state index in [4.69, 9.17) is 0 Å². The standard InChI is InChI=1S/C12H26N2/c1-3-4-9-14-10-11-5-7-12(13-2)8-6-11/h11-14H,3-10H2,1-2H3. The van der Waals surface area contributed by atoms with E-state index >= 15 is 0 Å². The van der Waals surface area contributed by atoms with Gasteiger partial charge < -0.3 is 10.6 Å². The van der Waals surface area contributed by atoms with Gasteiger partial charge in [0.05, 0.1) is 0 Å². The van der Waals surface area contributed by atoms with Crippen LogP contribution in [0.2, 0.25) is 0 Å². The van der Waals surface area contributed by atoms with Gasteiger partial charge in [-0.2, -0.15) is 0 Å². The Morgan fingerprint density at radius 3 is 2.43 bits per heavy atom. The summed E-state index contributed by atoms with van der Waals surface area (Å²) in [4.78, 5) is 0. The van der Waals surface area contributed by atoms with Crippen LogP contribution in [-0.4, -0.2) is 26.2 Å². The third-order valence-electron chi connectivity index (χ3n) is 3.40. The summed E-state index contributed by atoms with van der Waals surface area (Å²) in [6.45, 7) is 4.71. The van der Waals surface area contributed by atoms with E-state index in [9.17, 15) is 0 Å². The number of hydrogen-bond acceptors (Lipinski definition) is 2. The lowest BCUT2D eigenvalue weighted by Gasteiger charge is -2.28. The van der Waals surface area contributed by atoms with E-state index < -0.39 is 0 Å². The molecule has 0 radical (unpaired) electrons. The molecule has 0 aromatic carbocycles. The summed E-state index contributed by atoms with van der Waals surface area (Å²) in [6, 6.07) is 0.793. The molecule has 2 heteroatoms. The zero-order valence-corrected chi connectivity index (χ0v) is 9.81. The molecule has 0 heterocycles. The van der Waals surface area contributed by atoms with Gasteiger partial charge in [-0.3, -0.25) is 0 Å². The van der Waals surface area contributed by atoms with Gasteiger partial charge in [0, 0.05) is 6.04 Å². The molecule has 0 spiro atoms. The van der Waals surface area contributed by atoms with Crippen molar-refractivity contribution >= 4 is 0 Å². The van der Waals surface area contributed by atoms with Crippen molar-refractivity contribution in [3.63, 3.8) is 0 Å². The van der Waals surface area contributed by atoms with Gasteiger partial charge in [0.15, 0.2) is 0 Å². The highest BCUT2D eigenvalue weighted by Crippen LogP contribution is 2.23. The predicted molar refractivity (Wildman–Crippen MR) is 62.6 cm³/mol. The molecule has 0 aromatic rings. The van der Waals surface area contributed by atoms with E-state index in [0.29, 0.717) is 0 Å². The van der Waals surface area contributed by atoms with Crippen LogP contribution >= 0.6 is 0 Å². The molecular weight excluding hydrogens is 172 g/mol. The number of rotatable bonds is 6. The first kappa shape index (κ1) is 12.0. The minimum absolute atomic E-state index is 0.793. The van der Waals surface area contributed by atoms with Gasteiger partial charge >= 0.3 is 0 Å². The summed E-state index contributed by atoms with van der Waals surface area (Å²) in [5, 5.41) is 6.95. The van der Waals surface area contributed by atoms with Crippen molar-refractivity contribution < 1.29 is 0 Å². The third-order valence-corrected chi connectivity index (χ3v) is 3.40. The highest BCUT2D eigenvalue weighted by molar-refractivity contribution is 4.76. The molecular formula is C12H26N2. The monoisotopic (exact) mass is 198 g/mol. The second kappa shape index (κ2) is 7.24. The van der Waals surface area contributed by atoms with Crippen LogP contribution in [0.15, 0.2) is 0 Å². The van der Waals surface area contributed by atoms with Crippen molar-refractivity contribution in [1.82, 2.24) is 10.6 Å². The fraction of sp³-hybridized carbons (Fsp3) is 1.00. The van der Waals surface area contributed by atoms with Crippen LogP contribution in [0.1, 0.15) is 45.4 Å². The maximum Gasteiger partial charge on any atom is 0.00642 e. The number of unbranched alkanes of at least 4 members (excludes halogenated alkanes) is 1. The van der Waals surface area contributed by atoms with E-state index in [-0.39, 0.29) is 0 Å². The molecule has 14 heavy (non-hydrogen) atoms. The summed E-state index contributed by atoms with van der Waals surface area (Å²) in [7, 11) is 2.09. The van der Waals surface area contributed by atoms with Gasteiger partial charge in [0.2, 0.25) is 0 Å². The SMILES string of the molecule is CCCCNCC1CCC(NC)CC1. The molecule has 2 nitrogen and oxygen atoms in total.